The van der Waals surface area contributed by atoms with Crippen LogP contribution in [0.3, 0.4) is 0 Å². The van der Waals surface area contributed by atoms with Gasteiger partial charge in [0.2, 0.25) is 10.0 Å². The third-order valence-electron chi connectivity index (χ3n) is 4.32. The molecule has 0 aliphatic carbocycles. The summed E-state index contributed by atoms with van der Waals surface area (Å²) in [4.78, 5) is 10.2. The standard InChI is InChI=1S/C21H20N4O6S/c1-30-20-10-7-16(11-21(20)31-14-15-5-3-2-4-6-15)13-23-24-18-9-8-17(32(22,28)29)12-19(18)25(26)27/h2-13,24H,14H2,1H3,(H2,22,28,29). The number of nitro benzene ring substituents is 1. The van der Waals surface area contributed by atoms with E-state index in [0.717, 1.165) is 17.7 Å². The summed E-state index contributed by atoms with van der Waals surface area (Å²) in [5.74, 6) is 1.05. The fourth-order valence-electron chi connectivity index (χ4n) is 2.73. The molecule has 0 atom stereocenters. The predicted molar refractivity (Wildman–Crippen MR) is 119 cm³/mol. The fraction of sp³-hybridized carbons (Fsp3) is 0.0952. The quantitative estimate of drug-likeness (QED) is 0.285. The second-order valence-electron chi connectivity index (χ2n) is 6.54. The molecule has 3 aromatic rings. The maximum Gasteiger partial charge on any atom is 0.295 e. The normalized spacial score (nSPS) is 11.3. The maximum absolute atomic E-state index is 11.4. The molecular formula is C21H20N4O6S. The summed E-state index contributed by atoms with van der Waals surface area (Å²) in [6.45, 7) is 0.346. The number of primary sulfonamides is 1. The predicted octanol–water partition coefficient (Wildman–Crippen LogP) is 3.28. The number of sulfonamides is 1. The van der Waals surface area contributed by atoms with E-state index in [9.17, 15) is 18.5 Å². The third kappa shape index (κ3) is 5.80. The second kappa shape index (κ2) is 9.90. The average Bonchev–Trinajstić information content (AvgIpc) is 2.78. The summed E-state index contributed by atoms with van der Waals surface area (Å²) in [6.07, 6.45) is 1.44. The van der Waals surface area contributed by atoms with E-state index in [1.165, 1.54) is 19.4 Å². The van der Waals surface area contributed by atoms with Gasteiger partial charge in [-0.05, 0) is 41.5 Å². The summed E-state index contributed by atoms with van der Waals surface area (Å²) in [5.41, 5.74) is 3.71. The number of hydrazone groups is 1. The molecule has 0 bridgehead atoms. The second-order valence-corrected chi connectivity index (χ2v) is 8.10. The Morgan fingerprint density at radius 2 is 1.84 bits per heavy atom. The number of hydrogen-bond donors (Lipinski definition) is 2. The van der Waals surface area contributed by atoms with Crippen LogP contribution < -0.4 is 20.0 Å². The first kappa shape index (κ1) is 22.7. The lowest BCUT2D eigenvalue weighted by Gasteiger charge is -2.11. The smallest absolute Gasteiger partial charge is 0.295 e. The van der Waals surface area contributed by atoms with Crippen molar-refractivity contribution < 1.29 is 22.8 Å². The Bertz CT molecular complexity index is 1250. The zero-order valence-electron chi connectivity index (χ0n) is 17.0. The van der Waals surface area contributed by atoms with Gasteiger partial charge in [0.1, 0.15) is 12.3 Å². The highest BCUT2D eigenvalue weighted by Gasteiger charge is 2.18. The minimum absolute atomic E-state index is 0.00714. The van der Waals surface area contributed by atoms with E-state index in [1.54, 1.807) is 18.2 Å². The number of hydrogen-bond acceptors (Lipinski definition) is 8. The van der Waals surface area contributed by atoms with E-state index in [1.807, 2.05) is 30.3 Å². The molecule has 0 radical (unpaired) electrons. The van der Waals surface area contributed by atoms with Crippen molar-refractivity contribution in [1.29, 1.82) is 0 Å². The van der Waals surface area contributed by atoms with Gasteiger partial charge in [0.25, 0.3) is 5.69 Å². The number of methoxy groups -OCH3 is 1. The number of nitro groups is 1. The Kier molecular flexibility index (Phi) is 7.03. The van der Waals surface area contributed by atoms with Crippen molar-refractivity contribution in [2.75, 3.05) is 12.5 Å². The van der Waals surface area contributed by atoms with Gasteiger partial charge in [-0.3, -0.25) is 15.5 Å². The molecule has 11 heteroatoms. The van der Waals surface area contributed by atoms with Crippen molar-refractivity contribution >= 4 is 27.6 Å². The van der Waals surface area contributed by atoms with Crippen LogP contribution in [0.5, 0.6) is 11.5 Å². The molecule has 166 valence electrons. The first-order valence-corrected chi connectivity index (χ1v) is 10.8. The van der Waals surface area contributed by atoms with Gasteiger partial charge in [0, 0.05) is 6.07 Å². The highest BCUT2D eigenvalue weighted by atomic mass is 32.2. The van der Waals surface area contributed by atoms with Crippen molar-refractivity contribution in [3.63, 3.8) is 0 Å². The number of nitrogens with zero attached hydrogens (tertiary/aromatic N) is 2. The lowest BCUT2D eigenvalue weighted by molar-refractivity contribution is -0.384. The molecule has 0 aliphatic rings. The van der Waals surface area contributed by atoms with Crippen molar-refractivity contribution in [1.82, 2.24) is 0 Å². The molecule has 3 aromatic carbocycles. The molecule has 0 amide bonds. The number of nitrogens with one attached hydrogen (secondary N) is 1. The topological polar surface area (TPSA) is 146 Å². The lowest BCUT2D eigenvalue weighted by atomic mass is 10.2. The average molecular weight is 456 g/mol. The molecule has 0 unspecified atom stereocenters. The molecule has 3 rings (SSSR count). The zero-order valence-corrected chi connectivity index (χ0v) is 17.8. The first-order chi connectivity index (χ1) is 15.3. The van der Waals surface area contributed by atoms with Crippen molar-refractivity contribution in [2.24, 2.45) is 10.2 Å². The highest BCUT2D eigenvalue weighted by Crippen LogP contribution is 2.29. The van der Waals surface area contributed by atoms with E-state index < -0.39 is 20.6 Å². The summed E-state index contributed by atoms with van der Waals surface area (Å²) >= 11 is 0. The minimum Gasteiger partial charge on any atom is -0.493 e. The summed E-state index contributed by atoms with van der Waals surface area (Å²) in [7, 11) is -2.54. The molecule has 3 N–H and O–H groups in total. The van der Waals surface area contributed by atoms with Crippen LogP contribution in [0.2, 0.25) is 0 Å². The zero-order chi connectivity index (χ0) is 23.1. The van der Waals surface area contributed by atoms with E-state index in [4.69, 9.17) is 14.6 Å². The molecule has 0 fully saturated rings. The number of rotatable bonds is 9. The maximum atomic E-state index is 11.4. The van der Waals surface area contributed by atoms with Crippen molar-refractivity contribution in [3.8, 4) is 11.5 Å². The van der Waals surface area contributed by atoms with Crippen LogP contribution in [0.25, 0.3) is 0 Å². The number of ether oxygens (including phenoxy) is 2. The molecule has 0 aliphatic heterocycles. The van der Waals surface area contributed by atoms with Gasteiger partial charge < -0.3 is 9.47 Å². The largest absolute Gasteiger partial charge is 0.493 e. The van der Waals surface area contributed by atoms with Crippen molar-refractivity contribution in [2.45, 2.75) is 11.5 Å². The van der Waals surface area contributed by atoms with Gasteiger partial charge >= 0.3 is 0 Å². The van der Waals surface area contributed by atoms with E-state index >= 15 is 0 Å². The molecule has 32 heavy (non-hydrogen) atoms. The Labute approximate surface area is 184 Å². The molecule has 10 nitrogen and oxygen atoms in total. The SMILES string of the molecule is COc1ccc(C=NNc2ccc(S(N)(=O)=O)cc2[N+](=O)[O-])cc1OCc1ccccc1. The van der Waals surface area contributed by atoms with Crippen LogP contribution in [-0.2, 0) is 16.6 Å². The van der Waals surface area contributed by atoms with E-state index in [-0.39, 0.29) is 10.6 Å². The van der Waals surface area contributed by atoms with Gasteiger partial charge in [0.05, 0.1) is 23.1 Å². The first-order valence-electron chi connectivity index (χ1n) is 9.23. The molecule has 0 heterocycles. The highest BCUT2D eigenvalue weighted by molar-refractivity contribution is 7.89. The number of anilines is 1. The molecular weight excluding hydrogens is 436 g/mol. The summed E-state index contributed by atoms with van der Waals surface area (Å²) in [5, 5.41) is 20.3. The Morgan fingerprint density at radius 3 is 2.50 bits per heavy atom. The van der Waals surface area contributed by atoms with Crippen LogP contribution in [0.1, 0.15) is 11.1 Å². The lowest BCUT2D eigenvalue weighted by Crippen LogP contribution is -2.12. The summed E-state index contributed by atoms with van der Waals surface area (Å²) < 4.78 is 34.0. The third-order valence-corrected chi connectivity index (χ3v) is 5.23. The van der Waals surface area contributed by atoms with Gasteiger partial charge in [-0.2, -0.15) is 5.10 Å². The van der Waals surface area contributed by atoms with Gasteiger partial charge in [0.15, 0.2) is 11.5 Å². The fourth-order valence-corrected chi connectivity index (χ4v) is 3.27. The van der Waals surface area contributed by atoms with Gasteiger partial charge in [-0.15, -0.1) is 0 Å². The van der Waals surface area contributed by atoms with Crippen LogP contribution in [0.15, 0.2) is 76.7 Å². The molecule has 0 saturated heterocycles. The van der Waals surface area contributed by atoms with Crippen LogP contribution >= 0.6 is 0 Å². The number of benzene rings is 3. The number of nitrogens with two attached hydrogens (primary N) is 1. The Morgan fingerprint density at radius 1 is 1.09 bits per heavy atom. The van der Waals surface area contributed by atoms with Gasteiger partial charge in [-0.1, -0.05) is 30.3 Å². The Balaban J connectivity index is 1.77. The monoisotopic (exact) mass is 456 g/mol. The molecule has 0 saturated carbocycles. The van der Waals surface area contributed by atoms with Crippen LogP contribution in [0, 0.1) is 10.1 Å². The van der Waals surface area contributed by atoms with Crippen LogP contribution in [0.4, 0.5) is 11.4 Å². The molecule has 0 aromatic heterocycles. The van der Waals surface area contributed by atoms with Crippen molar-refractivity contribution in [3.05, 3.63) is 88.0 Å². The van der Waals surface area contributed by atoms with E-state index in [0.29, 0.717) is 23.7 Å². The van der Waals surface area contributed by atoms with E-state index in [2.05, 4.69) is 10.5 Å². The minimum atomic E-state index is -4.07. The van der Waals surface area contributed by atoms with Crippen LogP contribution in [-0.4, -0.2) is 26.7 Å². The Hall–Kier alpha value is -3.96. The van der Waals surface area contributed by atoms with Gasteiger partial charge in [-0.25, -0.2) is 13.6 Å². The summed E-state index contributed by atoms with van der Waals surface area (Å²) in [6, 6.07) is 18.0. The molecule has 0 spiro atoms.